The molecule has 0 N–H and O–H groups in total. The second kappa shape index (κ2) is 6.16. The average Bonchev–Trinajstić information content (AvgIpc) is 2.95. The molecule has 20 heavy (non-hydrogen) atoms. The molecule has 0 radical (unpaired) electrons. The van der Waals surface area contributed by atoms with E-state index in [1.165, 1.54) is 0 Å². The summed E-state index contributed by atoms with van der Waals surface area (Å²) >= 11 is 0. The van der Waals surface area contributed by atoms with Crippen LogP contribution in [0.1, 0.15) is 48.1 Å². The monoisotopic (exact) mass is 267 g/mol. The van der Waals surface area contributed by atoms with E-state index in [1.807, 2.05) is 44.2 Å². The van der Waals surface area contributed by atoms with Crippen LogP contribution in [0.5, 0.6) is 0 Å². The van der Waals surface area contributed by atoms with Gasteiger partial charge < -0.3 is 0 Å². The highest BCUT2D eigenvalue weighted by molar-refractivity contribution is 6.00. The first-order valence-corrected chi connectivity index (χ1v) is 6.63. The molecule has 0 spiro atoms. The second-order valence-corrected chi connectivity index (χ2v) is 4.99. The highest BCUT2D eigenvalue weighted by Gasteiger charge is 2.23. The second-order valence-electron chi connectivity index (χ2n) is 4.99. The smallest absolute Gasteiger partial charge is 0.174 e. The summed E-state index contributed by atoms with van der Waals surface area (Å²) in [5.74, 6) is -0.476. The van der Waals surface area contributed by atoms with Crippen LogP contribution in [0.4, 0.5) is 0 Å². The van der Waals surface area contributed by atoms with E-state index in [2.05, 4.69) is 11.2 Å². The van der Waals surface area contributed by atoms with Crippen LogP contribution >= 0.6 is 0 Å². The summed E-state index contributed by atoms with van der Waals surface area (Å²) in [5, 5.41) is 13.2. The summed E-state index contributed by atoms with van der Waals surface area (Å²) in [7, 11) is 0. The predicted molar refractivity (Wildman–Crippen MR) is 76.4 cm³/mol. The van der Waals surface area contributed by atoms with Crippen LogP contribution in [0.2, 0.25) is 0 Å². The average molecular weight is 267 g/mol. The lowest BCUT2D eigenvalue weighted by molar-refractivity contribution is 0.0960. The molecule has 1 aromatic carbocycles. The lowest BCUT2D eigenvalue weighted by atomic mass is 9.89. The van der Waals surface area contributed by atoms with Crippen LogP contribution in [-0.4, -0.2) is 15.6 Å². The van der Waals surface area contributed by atoms with E-state index in [1.54, 1.807) is 17.1 Å². The molecular weight excluding hydrogens is 250 g/mol. The first-order chi connectivity index (χ1) is 9.63. The Kier molecular flexibility index (Phi) is 4.31. The third-order valence-electron chi connectivity index (χ3n) is 3.23. The number of hydrogen-bond donors (Lipinski definition) is 0. The van der Waals surface area contributed by atoms with Crippen LogP contribution in [0, 0.1) is 11.3 Å². The molecule has 102 valence electrons. The lowest BCUT2D eigenvalue weighted by Gasteiger charge is -2.11. The highest BCUT2D eigenvalue weighted by Crippen LogP contribution is 2.24. The molecule has 2 rings (SSSR count). The third-order valence-corrected chi connectivity index (χ3v) is 3.23. The third kappa shape index (κ3) is 2.94. The van der Waals surface area contributed by atoms with Gasteiger partial charge in [-0.15, -0.1) is 0 Å². The Labute approximate surface area is 118 Å². The van der Waals surface area contributed by atoms with Crippen molar-refractivity contribution < 1.29 is 4.79 Å². The van der Waals surface area contributed by atoms with Crippen molar-refractivity contribution in [2.24, 2.45) is 0 Å². The van der Waals surface area contributed by atoms with Crippen molar-refractivity contribution in [3.05, 3.63) is 53.9 Å². The van der Waals surface area contributed by atoms with E-state index in [-0.39, 0.29) is 18.2 Å². The molecule has 0 aliphatic heterocycles. The predicted octanol–water partition coefficient (Wildman–Crippen LogP) is 3.34. The largest absolute Gasteiger partial charge is 0.293 e. The van der Waals surface area contributed by atoms with Gasteiger partial charge in [0.2, 0.25) is 0 Å². The highest BCUT2D eigenvalue weighted by atomic mass is 16.1. The minimum Gasteiger partial charge on any atom is -0.293 e. The summed E-state index contributed by atoms with van der Waals surface area (Å²) in [6.07, 6.45) is 3.51. The summed E-state index contributed by atoms with van der Waals surface area (Å²) in [4.78, 5) is 12.6. The quantitative estimate of drug-likeness (QED) is 0.780. The zero-order valence-corrected chi connectivity index (χ0v) is 11.7. The Morgan fingerprint density at radius 3 is 2.60 bits per heavy atom. The van der Waals surface area contributed by atoms with Crippen molar-refractivity contribution in [2.75, 3.05) is 0 Å². The van der Waals surface area contributed by atoms with Crippen molar-refractivity contribution in [2.45, 2.75) is 32.2 Å². The normalized spacial score (nSPS) is 12.1. The van der Waals surface area contributed by atoms with E-state index in [0.29, 0.717) is 5.56 Å². The molecule has 2 aromatic rings. The molecule has 0 saturated heterocycles. The van der Waals surface area contributed by atoms with Crippen molar-refractivity contribution >= 4 is 5.78 Å². The molecule has 0 aliphatic carbocycles. The van der Waals surface area contributed by atoms with Crippen LogP contribution in [0.15, 0.2) is 42.7 Å². The van der Waals surface area contributed by atoms with E-state index >= 15 is 0 Å². The number of carbonyl (C=O) groups is 1. The number of nitrogens with zero attached hydrogens (tertiary/aromatic N) is 3. The minimum atomic E-state index is -0.425. The fraction of sp³-hybridized carbons (Fsp3) is 0.312. The topological polar surface area (TPSA) is 58.7 Å². The van der Waals surface area contributed by atoms with Gasteiger partial charge >= 0.3 is 0 Å². The maximum atomic E-state index is 12.6. The molecule has 1 heterocycles. The summed E-state index contributed by atoms with van der Waals surface area (Å²) in [6.45, 7) is 4.01. The number of ketones is 1. The Morgan fingerprint density at radius 2 is 2.05 bits per heavy atom. The van der Waals surface area contributed by atoms with E-state index in [9.17, 15) is 4.79 Å². The SMILES string of the molecule is CC(C)n1cc(C(=O)C(CC#N)c2ccccc2)cn1. The molecule has 4 nitrogen and oxygen atoms in total. The van der Waals surface area contributed by atoms with Crippen LogP contribution < -0.4 is 0 Å². The summed E-state index contributed by atoms with van der Waals surface area (Å²) in [5.41, 5.74) is 1.43. The molecule has 0 saturated carbocycles. The molecule has 4 heteroatoms. The molecule has 0 aliphatic rings. The van der Waals surface area contributed by atoms with Crippen molar-refractivity contribution in [1.82, 2.24) is 9.78 Å². The van der Waals surface area contributed by atoms with Gasteiger partial charge in [0.05, 0.1) is 23.7 Å². The van der Waals surface area contributed by atoms with E-state index in [4.69, 9.17) is 5.26 Å². The van der Waals surface area contributed by atoms with Gasteiger partial charge in [-0.2, -0.15) is 10.4 Å². The Morgan fingerprint density at radius 1 is 1.35 bits per heavy atom. The van der Waals surface area contributed by atoms with Gasteiger partial charge in [0.25, 0.3) is 0 Å². The number of hydrogen-bond acceptors (Lipinski definition) is 3. The molecule has 0 bridgehead atoms. The number of benzene rings is 1. The van der Waals surface area contributed by atoms with Gasteiger partial charge in [-0.05, 0) is 19.4 Å². The first kappa shape index (κ1) is 14.0. The Balaban J connectivity index is 2.30. The minimum absolute atomic E-state index is 0.0512. The fourth-order valence-electron chi connectivity index (χ4n) is 2.09. The van der Waals surface area contributed by atoms with Crippen molar-refractivity contribution in [1.29, 1.82) is 5.26 Å². The number of nitriles is 1. The van der Waals surface area contributed by atoms with Gasteiger partial charge in [0.1, 0.15) is 0 Å². The Hall–Kier alpha value is -2.41. The van der Waals surface area contributed by atoms with Crippen LogP contribution in [0.25, 0.3) is 0 Å². The fourth-order valence-corrected chi connectivity index (χ4v) is 2.09. The number of aromatic nitrogens is 2. The number of Topliss-reactive ketones (excluding diaryl/α,β-unsaturated/α-hetero) is 1. The maximum Gasteiger partial charge on any atom is 0.174 e. The molecule has 0 amide bonds. The summed E-state index contributed by atoms with van der Waals surface area (Å²) < 4.78 is 1.75. The summed E-state index contributed by atoms with van der Waals surface area (Å²) in [6, 6.07) is 11.7. The number of carbonyl (C=O) groups excluding carboxylic acids is 1. The van der Waals surface area contributed by atoms with Gasteiger partial charge in [-0.1, -0.05) is 30.3 Å². The molecule has 0 fully saturated rings. The van der Waals surface area contributed by atoms with Crippen molar-refractivity contribution in [3.8, 4) is 6.07 Å². The first-order valence-electron chi connectivity index (χ1n) is 6.63. The van der Waals surface area contributed by atoms with E-state index in [0.717, 1.165) is 5.56 Å². The van der Waals surface area contributed by atoms with Gasteiger partial charge in [0.15, 0.2) is 5.78 Å². The van der Waals surface area contributed by atoms with E-state index < -0.39 is 5.92 Å². The van der Waals surface area contributed by atoms with Crippen molar-refractivity contribution in [3.63, 3.8) is 0 Å². The molecule has 1 aromatic heterocycles. The zero-order chi connectivity index (χ0) is 14.5. The number of rotatable bonds is 5. The Bertz CT molecular complexity index is 623. The lowest BCUT2D eigenvalue weighted by Crippen LogP contribution is -2.12. The maximum absolute atomic E-state index is 12.6. The standard InChI is InChI=1S/C16H17N3O/c1-12(2)19-11-14(10-18-19)16(20)15(8-9-17)13-6-4-3-5-7-13/h3-7,10-12,15H,8H2,1-2H3. The van der Waals surface area contributed by atoms with Crippen LogP contribution in [0.3, 0.4) is 0 Å². The van der Waals surface area contributed by atoms with Crippen LogP contribution in [-0.2, 0) is 0 Å². The molecule has 1 atom stereocenters. The van der Waals surface area contributed by atoms with Gasteiger partial charge in [0, 0.05) is 18.7 Å². The zero-order valence-electron chi connectivity index (χ0n) is 11.7. The molecule has 1 unspecified atom stereocenters. The van der Waals surface area contributed by atoms with Gasteiger partial charge in [-0.3, -0.25) is 9.48 Å². The van der Waals surface area contributed by atoms with Gasteiger partial charge in [-0.25, -0.2) is 0 Å². The molecular formula is C16H17N3O.